The summed E-state index contributed by atoms with van der Waals surface area (Å²) in [6.45, 7) is 2.15. The molecule has 2 aromatic carbocycles. The highest BCUT2D eigenvalue weighted by Gasteiger charge is 2.15. The van der Waals surface area contributed by atoms with Gasteiger partial charge in [-0.15, -0.1) is 0 Å². The molecule has 0 fully saturated rings. The van der Waals surface area contributed by atoms with Crippen molar-refractivity contribution in [2.24, 2.45) is 7.05 Å². The molecule has 0 unspecified atom stereocenters. The molecular weight excluding hydrogens is 370 g/mol. The first-order valence-electron chi connectivity index (χ1n) is 9.03. The summed E-state index contributed by atoms with van der Waals surface area (Å²) in [5.41, 5.74) is 3.84. The number of rotatable bonds is 6. The molecule has 0 saturated heterocycles. The first-order valence-corrected chi connectivity index (χ1v) is 9.85. The number of aryl methyl sites for hydroxylation is 2. The normalized spacial score (nSPS) is 11.0. The molecule has 0 aliphatic heterocycles. The van der Waals surface area contributed by atoms with Crippen LogP contribution in [0.1, 0.15) is 12.5 Å². The SMILES string of the molecule is CCc1ccc(SNc2ncnc3c2nc(-c2ccc(OC)cc2)n3C)cc1. The Morgan fingerprint density at radius 1 is 1.04 bits per heavy atom. The van der Waals surface area contributed by atoms with Gasteiger partial charge in [-0.2, -0.15) is 0 Å². The molecular formula is C21H21N5OS. The standard InChI is InChI=1S/C21H21N5OS/c1-4-14-5-11-17(12-6-14)28-25-19-18-21(23-13-22-19)26(2)20(24-18)15-7-9-16(27-3)10-8-15/h5-13H,4H2,1-3H3,(H,22,23,25). The van der Waals surface area contributed by atoms with E-state index in [1.54, 1.807) is 13.4 Å². The van der Waals surface area contributed by atoms with Gasteiger partial charge in [0.1, 0.15) is 17.9 Å². The van der Waals surface area contributed by atoms with Crippen molar-refractivity contribution < 1.29 is 4.74 Å². The number of ether oxygens (including phenoxy) is 1. The molecule has 2 heterocycles. The molecule has 0 atom stereocenters. The van der Waals surface area contributed by atoms with Crippen molar-refractivity contribution in [3.63, 3.8) is 0 Å². The van der Waals surface area contributed by atoms with Gasteiger partial charge in [-0.05, 0) is 60.3 Å². The van der Waals surface area contributed by atoms with Crippen LogP contribution in [0.2, 0.25) is 0 Å². The molecule has 6 nitrogen and oxygen atoms in total. The van der Waals surface area contributed by atoms with Gasteiger partial charge in [0.2, 0.25) is 0 Å². The number of fused-ring (bicyclic) bond motifs is 1. The summed E-state index contributed by atoms with van der Waals surface area (Å²) in [5, 5.41) is 0. The Kier molecular flexibility index (Phi) is 5.16. The van der Waals surface area contributed by atoms with Crippen molar-refractivity contribution >= 4 is 28.9 Å². The van der Waals surface area contributed by atoms with Crippen LogP contribution in [-0.2, 0) is 13.5 Å². The second kappa shape index (κ2) is 7.90. The topological polar surface area (TPSA) is 64.9 Å². The predicted octanol–water partition coefficient (Wildman–Crippen LogP) is 4.72. The fourth-order valence-electron chi connectivity index (χ4n) is 2.97. The molecule has 0 aliphatic carbocycles. The van der Waals surface area contributed by atoms with Crippen LogP contribution in [0, 0.1) is 0 Å². The monoisotopic (exact) mass is 391 g/mol. The van der Waals surface area contributed by atoms with E-state index in [-0.39, 0.29) is 0 Å². The summed E-state index contributed by atoms with van der Waals surface area (Å²) in [4.78, 5) is 14.7. The number of aromatic nitrogens is 4. The number of hydrogen-bond acceptors (Lipinski definition) is 6. The second-order valence-electron chi connectivity index (χ2n) is 6.32. The minimum absolute atomic E-state index is 0.699. The predicted molar refractivity (Wildman–Crippen MR) is 114 cm³/mol. The summed E-state index contributed by atoms with van der Waals surface area (Å²) in [6, 6.07) is 16.3. The number of nitrogens with zero attached hydrogens (tertiary/aromatic N) is 4. The van der Waals surface area contributed by atoms with E-state index in [9.17, 15) is 0 Å². The number of imidazole rings is 1. The third-order valence-corrected chi connectivity index (χ3v) is 5.40. The van der Waals surface area contributed by atoms with Crippen molar-refractivity contribution in [3.8, 4) is 17.1 Å². The van der Waals surface area contributed by atoms with Crippen LogP contribution in [0.5, 0.6) is 5.75 Å². The lowest BCUT2D eigenvalue weighted by atomic mass is 10.2. The summed E-state index contributed by atoms with van der Waals surface area (Å²) < 4.78 is 10.5. The fourth-order valence-corrected chi connectivity index (χ4v) is 3.61. The maximum Gasteiger partial charge on any atom is 0.167 e. The number of hydrogen-bond donors (Lipinski definition) is 1. The van der Waals surface area contributed by atoms with Gasteiger partial charge in [-0.1, -0.05) is 19.1 Å². The van der Waals surface area contributed by atoms with E-state index in [1.807, 2.05) is 35.9 Å². The molecule has 142 valence electrons. The molecule has 4 aromatic rings. The minimum atomic E-state index is 0.699. The van der Waals surface area contributed by atoms with Crippen LogP contribution in [-0.4, -0.2) is 26.6 Å². The van der Waals surface area contributed by atoms with Gasteiger partial charge >= 0.3 is 0 Å². The Bertz CT molecular complexity index is 1090. The first kappa shape index (κ1) is 18.3. The van der Waals surface area contributed by atoms with E-state index in [0.717, 1.165) is 39.6 Å². The van der Waals surface area contributed by atoms with Crippen molar-refractivity contribution in [1.29, 1.82) is 0 Å². The highest BCUT2D eigenvalue weighted by molar-refractivity contribution is 8.00. The maximum atomic E-state index is 5.24. The van der Waals surface area contributed by atoms with Gasteiger partial charge in [-0.25, -0.2) is 15.0 Å². The smallest absolute Gasteiger partial charge is 0.167 e. The minimum Gasteiger partial charge on any atom is -0.497 e. The van der Waals surface area contributed by atoms with Crippen LogP contribution >= 0.6 is 11.9 Å². The molecule has 28 heavy (non-hydrogen) atoms. The Balaban J connectivity index is 1.63. The Labute approximate surface area is 168 Å². The summed E-state index contributed by atoms with van der Waals surface area (Å²) >= 11 is 1.52. The van der Waals surface area contributed by atoms with E-state index < -0.39 is 0 Å². The van der Waals surface area contributed by atoms with E-state index in [4.69, 9.17) is 9.72 Å². The lowest BCUT2D eigenvalue weighted by Crippen LogP contribution is -1.96. The summed E-state index contributed by atoms with van der Waals surface area (Å²) in [7, 11) is 3.62. The largest absolute Gasteiger partial charge is 0.497 e. The maximum absolute atomic E-state index is 5.24. The van der Waals surface area contributed by atoms with Gasteiger partial charge in [0.15, 0.2) is 17.0 Å². The summed E-state index contributed by atoms with van der Waals surface area (Å²) in [6.07, 6.45) is 2.60. The molecule has 4 rings (SSSR count). The van der Waals surface area contributed by atoms with Crippen LogP contribution < -0.4 is 9.46 Å². The second-order valence-corrected chi connectivity index (χ2v) is 7.20. The van der Waals surface area contributed by atoms with Crippen LogP contribution in [0.3, 0.4) is 0 Å². The Morgan fingerprint density at radius 3 is 2.46 bits per heavy atom. The van der Waals surface area contributed by atoms with Crippen molar-refractivity contribution in [1.82, 2.24) is 19.5 Å². The zero-order valence-corrected chi connectivity index (χ0v) is 16.8. The van der Waals surface area contributed by atoms with Crippen molar-refractivity contribution in [2.45, 2.75) is 18.2 Å². The number of anilines is 1. The zero-order chi connectivity index (χ0) is 19.5. The van der Waals surface area contributed by atoms with Crippen LogP contribution in [0.25, 0.3) is 22.6 Å². The van der Waals surface area contributed by atoms with Crippen LogP contribution in [0.15, 0.2) is 59.8 Å². The molecule has 0 radical (unpaired) electrons. The average molecular weight is 392 g/mol. The van der Waals surface area contributed by atoms with E-state index in [1.165, 1.54) is 17.5 Å². The van der Waals surface area contributed by atoms with Gasteiger partial charge in [-0.3, -0.25) is 0 Å². The molecule has 0 amide bonds. The van der Waals surface area contributed by atoms with E-state index in [0.29, 0.717) is 5.82 Å². The lowest BCUT2D eigenvalue weighted by Gasteiger charge is -2.05. The molecule has 0 aliphatic rings. The molecule has 2 aromatic heterocycles. The zero-order valence-electron chi connectivity index (χ0n) is 16.0. The molecule has 0 spiro atoms. The number of benzene rings is 2. The highest BCUT2D eigenvalue weighted by atomic mass is 32.2. The van der Waals surface area contributed by atoms with E-state index >= 15 is 0 Å². The number of nitrogens with one attached hydrogen (secondary N) is 1. The molecule has 0 saturated carbocycles. The first-order chi connectivity index (χ1) is 13.7. The van der Waals surface area contributed by atoms with Crippen molar-refractivity contribution in [3.05, 3.63) is 60.4 Å². The quantitative estimate of drug-likeness (QED) is 0.480. The lowest BCUT2D eigenvalue weighted by molar-refractivity contribution is 0.415. The van der Waals surface area contributed by atoms with Gasteiger partial charge in [0.25, 0.3) is 0 Å². The van der Waals surface area contributed by atoms with Crippen LogP contribution in [0.4, 0.5) is 5.82 Å². The Hall–Kier alpha value is -3.06. The van der Waals surface area contributed by atoms with E-state index in [2.05, 4.69) is 45.9 Å². The molecule has 7 heteroatoms. The number of methoxy groups -OCH3 is 1. The fraction of sp³-hybridized carbons (Fsp3) is 0.190. The summed E-state index contributed by atoms with van der Waals surface area (Å²) in [5.74, 6) is 2.35. The molecule has 0 bridgehead atoms. The third kappa shape index (κ3) is 3.53. The highest BCUT2D eigenvalue weighted by Crippen LogP contribution is 2.29. The van der Waals surface area contributed by atoms with Gasteiger partial charge in [0.05, 0.1) is 7.11 Å². The van der Waals surface area contributed by atoms with Gasteiger partial charge < -0.3 is 14.0 Å². The Morgan fingerprint density at radius 2 is 1.79 bits per heavy atom. The average Bonchev–Trinajstić information content (AvgIpc) is 3.10. The molecule has 1 N–H and O–H groups in total. The van der Waals surface area contributed by atoms with Crippen molar-refractivity contribution in [2.75, 3.05) is 11.8 Å². The van der Waals surface area contributed by atoms with Gasteiger partial charge in [0, 0.05) is 17.5 Å². The third-order valence-electron chi connectivity index (χ3n) is 4.60.